The summed E-state index contributed by atoms with van der Waals surface area (Å²) in [5.74, 6) is -1.18. The molecule has 0 saturated carbocycles. The minimum absolute atomic E-state index is 0.0417. The molecule has 0 radical (unpaired) electrons. The molecule has 1 atom stereocenters. The molecule has 2 N–H and O–H groups in total. The van der Waals surface area contributed by atoms with Crippen molar-refractivity contribution in [1.29, 1.82) is 0 Å². The molecule has 0 aliphatic rings. The maximum absolute atomic E-state index is 12.3. The Labute approximate surface area is 158 Å². The molecule has 0 saturated heterocycles. The van der Waals surface area contributed by atoms with Gasteiger partial charge in [0.2, 0.25) is 11.7 Å². The van der Waals surface area contributed by atoms with Crippen molar-refractivity contribution in [2.45, 2.75) is 52.7 Å². The molecule has 2 amide bonds. The molecule has 0 aromatic heterocycles. The molecule has 8 nitrogen and oxygen atoms in total. The van der Waals surface area contributed by atoms with Crippen LogP contribution in [0.1, 0.15) is 51.4 Å². The minimum Gasteiger partial charge on any atom is -0.454 e. The lowest BCUT2D eigenvalue weighted by Crippen LogP contribution is -2.34. The van der Waals surface area contributed by atoms with Crippen molar-refractivity contribution in [2.24, 2.45) is 0 Å². The third-order valence-electron chi connectivity index (χ3n) is 3.16. The van der Waals surface area contributed by atoms with Gasteiger partial charge in [-0.3, -0.25) is 14.4 Å². The van der Waals surface area contributed by atoms with Gasteiger partial charge in [-0.05, 0) is 52.0 Å². The van der Waals surface area contributed by atoms with E-state index in [1.165, 1.54) is 13.8 Å². The van der Waals surface area contributed by atoms with Gasteiger partial charge in [-0.15, -0.1) is 0 Å². The second-order valence-electron chi connectivity index (χ2n) is 6.93. The maximum Gasteiger partial charge on any atom is 0.407 e. The van der Waals surface area contributed by atoms with E-state index in [1.807, 2.05) is 0 Å². The standard InChI is InChI=1S/C19H26N2O6/c1-12(17(24)14-6-8-15(9-7-14)21-13(2)22)26-16(23)10-11-20-18(25)27-19(3,4)5/h6-9,12H,10-11H2,1-5H3,(H,20,25)(H,21,22)/t12-/m0/s1. The zero-order valence-corrected chi connectivity index (χ0v) is 16.3. The van der Waals surface area contributed by atoms with E-state index in [2.05, 4.69) is 10.6 Å². The fourth-order valence-electron chi connectivity index (χ4n) is 2.05. The van der Waals surface area contributed by atoms with Crippen molar-refractivity contribution in [3.05, 3.63) is 29.8 Å². The second-order valence-corrected chi connectivity index (χ2v) is 6.93. The lowest BCUT2D eigenvalue weighted by Gasteiger charge is -2.19. The molecule has 0 bridgehead atoms. The average Bonchev–Trinajstić information content (AvgIpc) is 2.52. The highest BCUT2D eigenvalue weighted by molar-refractivity contribution is 6.00. The van der Waals surface area contributed by atoms with E-state index in [0.717, 1.165) is 0 Å². The second kappa shape index (κ2) is 9.70. The number of hydrogen-bond donors (Lipinski definition) is 2. The smallest absolute Gasteiger partial charge is 0.407 e. The van der Waals surface area contributed by atoms with Gasteiger partial charge in [-0.25, -0.2) is 4.79 Å². The number of benzene rings is 1. The van der Waals surface area contributed by atoms with E-state index in [9.17, 15) is 19.2 Å². The van der Waals surface area contributed by atoms with Crippen molar-refractivity contribution < 1.29 is 28.7 Å². The van der Waals surface area contributed by atoms with Crippen molar-refractivity contribution >= 4 is 29.4 Å². The summed E-state index contributed by atoms with van der Waals surface area (Å²) in [5, 5.41) is 5.04. The quantitative estimate of drug-likeness (QED) is 0.557. The Morgan fingerprint density at radius 2 is 1.67 bits per heavy atom. The van der Waals surface area contributed by atoms with Gasteiger partial charge < -0.3 is 20.1 Å². The predicted octanol–water partition coefficient (Wildman–Crippen LogP) is 2.67. The first kappa shape index (κ1) is 22.1. The summed E-state index contributed by atoms with van der Waals surface area (Å²) >= 11 is 0. The SMILES string of the molecule is CC(=O)Nc1ccc(C(=O)[C@H](C)OC(=O)CCNC(=O)OC(C)(C)C)cc1. The van der Waals surface area contributed by atoms with Gasteiger partial charge in [0.25, 0.3) is 0 Å². The van der Waals surface area contributed by atoms with Crippen LogP contribution in [0.2, 0.25) is 0 Å². The molecular formula is C19H26N2O6. The summed E-state index contributed by atoms with van der Waals surface area (Å²) in [4.78, 5) is 46.6. The summed E-state index contributed by atoms with van der Waals surface area (Å²) in [6.45, 7) is 8.10. The molecule has 0 heterocycles. The third kappa shape index (κ3) is 8.84. The van der Waals surface area contributed by atoms with Gasteiger partial charge in [0.1, 0.15) is 5.60 Å². The van der Waals surface area contributed by atoms with E-state index in [-0.39, 0.29) is 24.7 Å². The van der Waals surface area contributed by atoms with Crippen LogP contribution in [0.3, 0.4) is 0 Å². The van der Waals surface area contributed by atoms with Gasteiger partial charge in [0, 0.05) is 24.7 Å². The summed E-state index contributed by atoms with van der Waals surface area (Å²) in [6, 6.07) is 6.27. The Kier molecular flexibility index (Phi) is 7.96. The Morgan fingerprint density at radius 3 is 2.19 bits per heavy atom. The number of ether oxygens (including phenoxy) is 2. The van der Waals surface area contributed by atoms with E-state index in [0.29, 0.717) is 11.3 Å². The molecule has 0 aliphatic heterocycles. The van der Waals surface area contributed by atoms with E-state index in [1.54, 1.807) is 45.0 Å². The first-order valence-electron chi connectivity index (χ1n) is 8.56. The van der Waals surface area contributed by atoms with Gasteiger partial charge >= 0.3 is 12.1 Å². The first-order chi connectivity index (χ1) is 12.5. The summed E-state index contributed by atoms with van der Waals surface area (Å²) < 4.78 is 10.1. The van der Waals surface area contributed by atoms with E-state index < -0.39 is 23.8 Å². The molecule has 0 spiro atoms. The highest BCUT2D eigenvalue weighted by Crippen LogP contribution is 2.13. The van der Waals surface area contributed by atoms with Gasteiger partial charge in [0.05, 0.1) is 6.42 Å². The van der Waals surface area contributed by atoms with Crippen molar-refractivity contribution in [2.75, 3.05) is 11.9 Å². The molecule has 8 heteroatoms. The highest BCUT2D eigenvalue weighted by Gasteiger charge is 2.20. The van der Waals surface area contributed by atoms with E-state index >= 15 is 0 Å². The number of carbonyl (C=O) groups is 4. The number of amides is 2. The number of carbonyl (C=O) groups excluding carboxylic acids is 4. The largest absolute Gasteiger partial charge is 0.454 e. The number of anilines is 1. The van der Waals surface area contributed by atoms with Crippen LogP contribution in [-0.2, 0) is 19.1 Å². The van der Waals surface area contributed by atoms with Crippen LogP contribution in [0, 0.1) is 0 Å². The van der Waals surface area contributed by atoms with Crippen LogP contribution in [0.4, 0.5) is 10.5 Å². The lowest BCUT2D eigenvalue weighted by molar-refractivity contribution is -0.146. The number of Topliss-reactive ketones (excluding diaryl/α,β-unsaturated/α-hetero) is 1. The van der Waals surface area contributed by atoms with Crippen LogP contribution in [0.5, 0.6) is 0 Å². The fourth-order valence-corrected chi connectivity index (χ4v) is 2.05. The molecule has 148 valence electrons. The number of rotatable bonds is 7. The van der Waals surface area contributed by atoms with Gasteiger partial charge in [-0.2, -0.15) is 0 Å². The van der Waals surface area contributed by atoms with Crippen LogP contribution in [0.25, 0.3) is 0 Å². The molecule has 27 heavy (non-hydrogen) atoms. The summed E-state index contributed by atoms with van der Waals surface area (Å²) in [5.41, 5.74) is 0.300. The zero-order chi connectivity index (χ0) is 20.6. The fraction of sp³-hybridized carbons (Fsp3) is 0.474. The molecule has 1 aromatic carbocycles. The van der Waals surface area contributed by atoms with Crippen molar-refractivity contribution in [3.8, 4) is 0 Å². The summed E-state index contributed by atoms with van der Waals surface area (Å²) in [6.07, 6.45) is -1.68. The van der Waals surface area contributed by atoms with E-state index in [4.69, 9.17) is 9.47 Å². The zero-order valence-electron chi connectivity index (χ0n) is 16.3. The highest BCUT2D eigenvalue weighted by atomic mass is 16.6. The van der Waals surface area contributed by atoms with Gasteiger partial charge in [0.15, 0.2) is 6.10 Å². The number of hydrogen-bond acceptors (Lipinski definition) is 6. The third-order valence-corrected chi connectivity index (χ3v) is 3.16. The van der Waals surface area contributed by atoms with Crippen LogP contribution >= 0.6 is 0 Å². The molecule has 1 rings (SSSR count). The molecule has 0 aliphatic carbocycles. The predicted molar refractivity (Wildman–Crippen MR) is 99.5 cm³/mol. The number of ketones is 1. The van der Waals surface area contributed by atoms with Crippen molar-refractivity contribution in [1.82, 2.24) is 5.32 Å². The number of alkyl carbamates (subject to hydrolysis) is 1. The lowest BCUT2D eigenvalue weighted by atomic mass is 10.1. The van der Waals surface area contributed by atoms with Crippen LogP contribution in [-0.4, -0.2) is 42.0 Å². The number of nitrogens with one attached hydrogen (secondary N) is 2. The number of esters is 1. The monoisotopic (exact) mass is 378 g/mol. The van der Waals surface area contributed by atoms with Crippen molar-refractivity contribution in [3.63, 3.8) is 0 Å². The Hall–Kier alpha value is -2.90. The Bertz CT molecular complexity index is 691. The molecular weight excluding hydrogens is 352 g/mol. The maximum atomic E-state index is 12.3. The molecule has 0 unspecified atom stereocenters. The Balaban J connectivity index is 2.44. The minimum atomic E-state index is -0.967. The van der Waals surface area contributed by atoms with Gasteiger partial charge in [-0.1, -0.05) is 0 Å². The molecule has 1 aromatic rings. The normalized spacial score (nSPS) is 11.9. The average molecular weight is 378 g/mol. The Morgan fingerprint density at radius 1 is 1.07 bits per heavy atom. The molecule has 0 fully saturated rings. The van der Waals surface area contributed by atoms with Crippen LogP contribution < -0.4 is 10.6 Å². The van der Waals surface area contributed by atoms with Crippen LogP contribution in [0.15, 0.2) is 24.3 Å². The summed E-state index contributed by atoms with van der Waals surface area (Å²) in [7, 11) is 0. The first-order valence-corrected chi connectivity index (χ1v) is 8.56. The topological polar surface area (TPSA) is 111 Å².